The van der Waals surface area contributed by atoms with E-state index < -0.39 is 0 Å². The van der Waals surface area contributed by atoms with Crippen LogP contribution in [0.2, 0.25) is 5.02 Å². The normalized spacial score (nSPS) is 14.6. The third kappa shape index (κ3) is 5.03. The second-order valence-electron chi connectivity index (χ2n) is 6.42. The van der Waals surface area contributed by atoms with Gasteiger partial charge in [0, 0.05) is 41.6 Å². The highest BCUT2D eigenvalue weighted by molar-refractivity contribution is 6.30. The standard InChI is InChI=1S/C20H25ClN2O2/c1-15(2)25-20-8-3-17(21)13-16(20)14-22-18-4-6-19(7-5-18)23-9-11-24-12-10-23/h3-8,13,15,22H,9-12,14H2,1-2H3. The first-order valence-corrected chi connectivity index (χ1v) is 9.11. The minimum Gasteiger partial charge on any atom is -0.491 e. The van der Waals surface area contributed by atoms with E-state index in [0.717, 1.165) is 48.3 Å². The molecule has 134 valence electrons. The first kappa shape index (κ1) is 17.9. The van der Waals surface area contributed by atoms with Crippen LogP contribution in [0.1, 0.15) is 19.4 Å². The zero-order valence-electron chi connectivity index (χ0n) is 14.8. The predicted octanol–water partition coefficient (Wildman–Crippen LogP) is 4.58. The van der Waals surface area contributed by atoms with E-state index in [1.807, 2.05) is 32.0 Å². The number of halogens is 1. The van der Waals surface area contributed by atoms with Gasteiger partial charge in [-0.15, -0.1) is 0 Å². The molecular formula is C20H25ClN2O2. The maximum Gasteiger partial charge on any atom is 0.124 e. The van der Waals surface area contributed by atoms with Gasteiger partial charge in [0.05, 0.1) is 19.3 Å². The molecule has 25 heavy (non-hydrogen) atoms. The fourth-order valence-corrected chi connectivity index (χ4v) is 3.06. The van der Waals surface area contributed by atoms with Crippen LogP contribution < -0.4 is 15.0 Å². The topological polar surface area (TPSA) is 33.7 Å². The summed E-state index contributed by atoms with van der Waals surface area (Å²) in [4.78, 5) is 2.35. The lowest BCUT2D eigenvalue weighted by Crippen LogP contribution is -2.36. The lowest BCUT2D eigenvalue weighted by Gasteiger charge is -2.29. The van der Waals surface area contributed by atoms with Crippen LogP contribution in [0.3, 0.4) is 0 Å². The van der Waals surface area contributed by atoms with Gasteiger partial charge in [0.15, 0.2) is 0 Å². The van der Waals surface area contributed by atoms with E-state index in [4.69, 9.17) is 21.1 Å². The van der Waals surface area contributed by atoms with Crippen LogP contribution in [0, 0.1) is 0 Å². The average molecular weight is 361 g/mol. The number of hydrogen-bond acceptors (Lipinski definition) is 4. The second kappa shape index (κ2) is 8.45. The van der Waals surface area contributed by atoms with E-state index in [1.54, 1.807) is 0 Å². The summed E-state index contributed by atoms with van der Waals surface area (Å²) in [5, 5.41) is 4.17. The Balaban J connectivity index is 1.64. The highest BCUT2D eigenvalue weighted by atomic mass is 35.5. The van der Waals surface area contributed by atoms with Gasteiger partial charge in [-0.05, 0) is 56.3 Å². The predicted molar refractivity (Wildman–Crippen MR) is 104 cm³/mol. The van der Waals surface area contributed by atoms with Crippen molar-refractivity contribution < 1.29 is 9.47 Å². The lowest BCUT2D eigenvalue weighted by molar-refractivity contribution is 0.122. The molecule has 1 aliphatic heterocycles. The Morgan fingerprint density at radius 1 is 1.12 bits per heavy atom. The Bertz CT molecular complexity index is 683. The Kier molecular flexibility index (Phi) is 6.05. The minimum atomic E-state index is 0.132. The molecule has 3 rings (SSSR count). The molecule has 5 heteroatoms. The highest BCUT2D eigenvalue weighted by Gasteiger charge is 2.11. The van der Waals surface area contributed by atoms with Crippen LogP contribution in [0.5, 0.6) is 5.75 Å². The summed E-state index contributed by atoms with van der Waals surface area (Å²) in [5.74, 6) is 0.872. The van der Waals surface area contributed by atoms with E-state index in [-0.39, 0.29) is 6.10 Å². The molecule has 4 nitrogen and oxygen atoms in total. The number of rotatable bonds is 6. The van der Waals surface area contributed by atoms with Crippen molar-refractivity contribution in [3.63, 3.8) is 0 Å². The average Bonchev–Trinajstić information content (AvgIpc) is 2.63. The second-order valence-corrected chi connectivity index (χ2v) is 6.85. The van der Waals surface area contributed by atoms with Crippen molar-refractivity contribution >= 4 is 23.0 Å². The Labute approximate surface area is 154 Å². The molecule has 1 heterocycles. The van der Waals surface area contributed by atoms with Gasteiger partial charge in [0.1, 0.15) is 5.75 Å². The summed E-state index contributed by atoms with van der Waals surface area (Å²) in [6.45, 7) is 8.21. The van der Waals surface area contributed by atoms with E-state index in [0.29, 0.717) is 6.54 Å². The molecule has 0 bridgehead atoms. The molecule has 0 atom stereocenters. The van der Waals surface area contributed by atoms with Gasteiger partial charge in [-0.25, -0.2) is 0 Å². The molecule has 0 aromatic heterocycles. The molecular weight excluding hydrogens is 336 g/mol. The van der Waals surface area contributed by atoms with Crippen LogP contribution >= 0.6 is 11.6 Å². The molecule has 0 radical (unpaired) electrons. The summed E-state index contributed by atoms with van der Waals surface area (Å²) >= 11 is 6.14. The Hall–Kier alpha value is -1.91. The van der Waals surface area contributed by atoms with Gasteiger partial charge in [-0.1, -0.05) is 11.6 Å². The van der Waals surface area contributed by atoms with Crippen molar-refractivity contribution in [2.75, 3.05) is 36.5 Å². The maximum atomic E-state index is 6.14. The van der Waals surface area contributed by atoms with Gasteiger partial charge >= 0.3 is 0 Å². The van der Waals surface area contributed by atoms with Crippen LogP contribution in [-0.2, 0) is 11.3 Å². The summed E-state index contributed by atoms with van der Waals surface area (Å²) in [6, 6.07) is 14.3. The lowest BCUT2D eigenvalue weighted by atomic mass is 10.2. The monoisotopic (exact) mass is 360 g/mol. The van der Waals surface area contributed by atoms with E-state index in [9.17, 15) is 0 Å². The molecule has 2 aromatic carbocycles. The maximum absolute atomic E-state index is 6.14. The van der Waals surface area contributed by atoms with E-state index in [2.05, 4.69) is 34.5 Å². The Morgan fingerprint density at radius 3 is 2.52 bits per heavy atom. The largest absolute Gasteiger partial charge is 0.491 e. The number of anilines is 2. The SMILES string of the molecule is CC(C)Oc1ccc(Cl)cc1CNc1ccc(N2CCOCC2)cc1. The van der Waals surface area contributed by atoms with Crippen LogP contribution in [0.25, 0.3) is 0 Å². The third-order valence-corrected chi connectivity index (χ3v) is 4.35. The molecule has 0 unspecified atom stereocenters. The Morgan fingerprint density at radius 2 is 1.84 bits per heavy atom. The summed E-state index contributed by atoms with van der Waals surface area (Å²) < 4.78 is 11.3. The third-order valence-electron chi connectivity index (χ3n) is 4.11. The molecule has 0 amide bonds. The molecule has 0 spiro atoms. The smallest absolute Gasteiger partial charge is 0.124 e. The minimum absolute atomic E-state index is 0.132. The molecule has 0 saturated carbocycles. The van der Waals surface area contributed by atoms with Crippen molar-refractivity contribution in [2.24, 2.45) is 0 Å². The van der Waals surface area contributed by atoms with Gasteiger partial charge in [0.25, 0.3) is 0 Å². The van der Waals surface area contributed by atoms with Gasteiger partial charge in [-0.2, -0.15) is 0 Å². The van der Waals surface area contributed by atoms with Crippen LogP contribution in [0.4, 0.5) is 11.4 Å². The van der Waals surface area contributed by atoms with Gasteiger partial charge in [0.2, 0.25) is 0 Å². The number of ether oxygens (including phenoxy) is 2. The number of nitrogens with one attached hydrogen (secondary N) is 1. The number of hydrogen-bond donors (Lipinski definition) is 1. The van der Waals surface area contributed by atoms with Gasteiger partial charge < -0.3 is 19.7 Å². The van der Waals surface area contributed by atoms with E-state index in [1.165, 1.54) is 5.69 Å². The molecule has 1 aliphatic rings. The summed E-state index contributed by atoms with van der Waals surface area (Å²) in [6.07, 6.45) is 0.132. The first-order chi connectivity index (χ1) is 12.1. The molecule has 2 aromatic rings. The molecule has 1 N–H and O–H groups in total. The quantitative estimate of drug-likeness (QED) is 0.817. The van der Waals surface area contributed by atoms with E-state index >= 15 is 0 Å². The number of nitrogens with zero attached hydrogens (tertiary/aromatic N) is 1. The highest BCUT2D eigenvalue weighted by Crippen LogP contribution is 2.26. The molecule has 1 saturated heterocycles. The molecule has 1 fully saturated rings. The fourth-order valence-electron chi connectivity index (χ4n) is 2.86. The van der Waals surface area contributed by atoms with Crippen molar-refractivity contribution in [3.05, 3.63) is 53.1 Å². The fraction of sp³-hybridized carbons (Fsp3) is 0.400. The zero-order chi connectivity index (χ0) is 17.6. The van der Waals surface area contributed by atoms with Crippen molar-refractivity contribution in [2.45, 2.75) is 26.5 Å². The van der Waals surface area contributed by atoms with Crippen molar-refractivity contribution in [1.29, 1.82) is 0 Å². The first-order valence-electron chi connectivity index (χ1n) is 8.73. The van der Waals surface area contributed by atoms with Crippen LogP contribution in [0.15, 0.2) is 42.5 Å². The molecule has 0 aliphatic carbocycles. The summed E-state index contributed by atoms with van der Waals surface area (Å²) in [7, 11) is 0. The zero-order valence-corrected chi connectivity index (χ0v) is 15.6. The number of benzene rings is 2. The van der Waals surface area contributed by atoms with Crippen LogP contribution in [-0.4, -0.2) is 32.4 Å². The van der Waals surface area contributed by atoms with Crippen molar-refractivity contribution in [3.8, 4) is 5.75 Å². The van der Waals surface area contributed by atoms with Gasteiger partial charge in [-0.3, -0.25) is 0 Å². The number of morpholine rings is 1. The summed E-state index contributed by atoms with van der Waals surface area (Å²) in [5.41, 5.74) is 3.37. The van der Waals surface area contributed by atoms with Crippen molar-refractivity contribution in [1.82, 2.24) is 0 Å².